The molecule has 2 rings (SSSR count). The van der Waals surface area contributed by atoms with Crippen LogP contribution in [0.3, 0.4) is 0 Å². The average molecular weight is 280 g/mol. The maximum absolute atomic E-state index is 11.1. The van der Waals surface area contributed by atoms with E-state index in [-0.39, 0.29) is 5.91 Å². The van der Waals surface area contributed by atoms with E-state index >= 15 is 0 Å². The van der Waals surface area contributed by atoms with Crippen molar-refractivity contribution in [2.24, 2.45) is 11.8 Å². The van der Waals surface area contributed by atoms with Crippen molar-refractivity contribution < 1.29 is 4.79 Å². The predicted octanol–water partition coefficient (Wildman–Crippen LogP) is 3.62. The van der Waals surface area contributed by atoms with E-state index in [1.165, 1.54) is 24.1 Å². The van der Waals surface area contributed by atoms with Gasteiger partial charge in [-0.1, -0.05) is 26.7 Å². The second kappa shape index (κ2) is 6.53. The molecule has 19 heavy (non-hydrogen) atoms. The molecule has 3 nitrogen and oxygen atoms in total. The lowest BCUT2D eigenvalue weighted by Crippen LogP contribution is -2.40. The summed E-state index contributed by atoms with van der Waals surface area (Å²) in [6, 6.07) is 2.59. The van der Waals surface area contributed by atoms with Crippen LogP contribution < -0.4 is 10.6 Å². The van der Waals surface area contributed by atoms with Gasteiger partial charge in [0.05, 0.1) is 5.69 Å². The minimum absolute atomic E-state index is 0.000642. The smallest absolute Gasteiger partial charge is 0.221 e. The summed E-state index contributed by atoms with van der Waals surface area (Å²) in [5.74, 6) is 1.54. The van der Waals surface area contributed by atoms with Gasteiger partial charge in [-0.05, 0) is 29.7 Å². The molecule has 1 amide bonds. The molecule has 0 aromatic carbocycles. The maximum Gasteiger partial charge on any atom is 0.221 e. The molecule has 0 aliphatic heterocycles. The summed E-state index contributed by atoms with van der Waals surface area (Å²) < 4.78 is 0. The van der Waals surface area contributed by atoms with Crippen molar-refractivity contribution in [3.05, 3.63) is 16.3 Å². The van der Waals surface area contributed by atoms with Crippen LogP contribution in [0, 0.1) is 11.8 Å². The molecule has 3 unspecified atom stereocenters. The van der Waals surface area contributed by atoms with Gasteiger partial charge in [-0.15, -0.1) is 11.3 Å². The number of amides is 1. The second-order valence-electron chi connectivity index (χ2n) is 5.69. The Morgan fingerprint density at radius 3 is 2.95 bits per heavy atom. The summed E-state index contributed by atoms with van der Waals surface area (Å²) in [5.41, 5.74) is 0.960. The number of nitrogens with one attached hydrogen (secondary N) is 2. The van der Waals surface area contributed by atoms with Gasteiger partial charge in [0.25, 0.3) is 0 Å². The highest BCUT2D eigenvalue weighted by molar-refractivity contribution is 7.10. The minimum Gasteiger partial charge on any atom is -0.325 e. The lowest BCUT2D eigenvalue weighted by molar-refractivity contribution is -0.114. The van der Waals surface area contributed by atoms with Crippen molar-refractivity contribution in [1.82, 2.24) is 5.32 Å². The number of hydrogen-bond acceptors (Lipinski definition) is 3. The fourth-order valence-corrected chi connectivity index (χ4v) is 3.65. The number of carbonyl (C=O) groups excluding carboxylic acids is 1. The molecule has 106 valence electrons. The molecule has 0 spiro atoms. The van der Waals surface area contributed by atoms with Crippen LogP contribution in [0.4, 0.5) is 5.69 Å². The van der Waals surface area contributed by atoms with Crippen molar-refractivity contribution >= 4 is 22.9 Å². The standard InChI is InChI=1S/C15H24N2OS/c1-10-5-4-6-13(11(10)2)16-9-15-14(7-8-19-15)17-12(3)18/h7-8,10-11,13,16H,4-6,9H2,1-3H3,(H,17,18). The molecule has 1 saturated carbocycles. The molecule has 1 aliphatic rings. The molecule has 0 bridgehead atoms. The summed E-state index contributed by atoms with van der Waals surface area (Å²) in [4.78, 5) is 12.4. The Morgan fingerprint density at radius 2 is 2.21 bits per heavy atom. The van der Waals surface area contributed by atoms with E-state index in [9.17, 15) is 4.79 Å². The van der Waals surface area contributed by atoms with E-state index in [1.54, 1.807) is 18.3 Å². The van der Waals surface area contributed by atoms with Gasteiger partial charge in [0.2, 0.25) is 5.91 Å². The second-order valence-corrected chi connectivity index (χ2v) is 6.69. The molecule has 1 heterocycles. The zero-order valence-corrected chi connectivity index (χ0v) is 12.8. The molecule has 3 atom stereocenters. The third-order valence-corrected chi connectivity index (χ3v) is 5.21. The summed E-state index contributed by atoms with van der Waals surface area (Å²) in [7, 11) is 0. The van der Waals surface area contributed by atoms with Crippen molar-refractivity contribution in [3.8, 4) is 0 Å². The van der Waals surface area contributed by atoms with Crippen LogP contribution in [-0.2, 0) is 11.3 Å². The summed E-state index contributed by atoms with van der Waals surface area (Å²) in [6.07, 6.45) is 3.95. The Kier molecular flexibility index (Phi) is 4.99. The summed E-state index contributed by atoms with van der Waals surface area (Å²) in [5, 5.41) is 8.61. The van der Waals surface area contributed by atoms with Crippen LogP contribution >= 0.6 is 11.3 Å². The molecule has 1 aromatic heterocycles. The topological polar surface area (TPSA) is 41.1 Å². The molecule has 2 N–H and O–H groups in total. The van der Waals surface area contributed by atoms with E-state index in [0.29, 0.717) is 6.04 Å². The zero-order chi connectivity index (χ0) is 13.8. The van der Waals surface area contributed by atoms with Gasteiger partial charge in [-0.3, -0.25) is 4.79 Å². The van der Waals surface area contributed by atoms with Gasteiger partial charge in [0, 0.05) is 24.4 Å². The lowest BCUT2D eigenvalue weighted by Gasteiger charge is -2.34. The zero-order valence-electron chi connectivity index (χ0n) is 12.0. The van der Waals surface area contributed by atoms with Crippen molar-refractivity contribution in [2.45, 2.75) is 52.6 Å². The first-order chi connectivity index (χ1) is 9.08. The Hall–Kier alpha value is -0.870. The Morgan fingerprint density at radius 1 is 1.42 bits per heavy atom. The van der Waals surface area contributed by atoms with Crippen LogP contribution in [-0.4, -0.2) is 11.9 Å². The number of hydrogen-bond donors (Lipinski definition) is 2. The molecular formula is C15H24N2OS. The lowest BCUT2D eigenvalue weighted by atomic mass is 9.78. The molecule has 1 fully saturated rings. The molecule has 0 radical (unpaired) electrons. The van der Waals surface area contributed by atoms with Crippen molar-refractivity contribution in [3.63, 3.8) is 0 Å². The highest BCUT2D eigenvalue weighted by Gasteiger charge is 2.26. The highest BCUT2D eigenvalue weighted by Crippen LogP contribution is 2.30. The molecular weight excluding hydrogens is 256 g/mol. The van der Waals surface area contributed by atoms with Crippen molar-refractivity contribution in [2.75, 3.05) is 5.32 Å². The van der Waals surface area contributed by atoms with E-state index in [2.05, 4.69) is 24.5 Å². The SMILES string of the molecule is CC(=O)Nc1ccsc1CNC1CCCC(C)C1C. The number of rotatable bonds is 4. The van der Waals surface area contributed by atoms with E-state index in [4.69, 9.17) is 0 Å². The van der Waals surface area contributed by atoms with Gasteiger partial charge in [-0.25, -0.2) is 0 Å². The number of carbonyl (C=O) groups is 1. The predicted molar refractivity (Wildman–Crippen MR) is 81.4 cm³/mol. The average Bonchev–Trinajstić information content (AvgIpc) is 2.78. The quantitative estimate of drug-likeness (QED) is 0.884. The maximum atomic E-state index is 11.1. The van der Waals surface area contributed by atoms with E-state index < -0.39 is 0 Å². The van der Waals surface area contributed by atoms with Crippen LogP contribution in [0.5, 0.6) is 0 Å². The van der Waals surface area contributed by atoms with Gasteiger partial charge >= 0.3 is 0 Å². The van der Waals surface area contributed by atoms with Crippen LogP contribution in [0.25, 0.3) is 0 Å². The van der Waals surface area contributed by atoms with Crippen molar-refractivity contribution in [1.29, 1.82) is 0 Å². The first-order valence-corrected chi connectivity index (χ1v) is 8.03. The largest absolute Gasteiger partial charge is 0.325 e. The molecule has 1 aliphatic carbocycles. The normalized spacial score (nSPS) is 27.2. The summed E-state index contributed by atoms with van der Waals surface area (Å²) in [6.45, 7) is 7.12. The Labute approximate surface area is 119 Å². The highest BCUT2D eigenvalue weighted by atomic mass is 32.1. The fraction of sp³-hybridized carbons (Fsp3) is 0.667. The van der Waals surface area contributed by atoms with Gasteiger partial charge in [-0.2, -0.15) is 0 Å². The summed E-state index contributed by atoms with van der Waals surface area (Å²) >= 11 is 1.70. The molecule has 1 aromatic rings. The monoisotopic (exact) mass is 280 g/mol. The number of anilines is 1. The Balaban J connectivity index is 1.91. The van der Waals surface area contributed by atoms with Gasteiger partial charge in [0.15, 0.2) is 0 Å². The van der Waals surface area contributed by atoms with Gasteiger partial charge < -0.3 is 10.6 Å². The van der Waals surface area contributed by atoms with Crippen LogP contribution in [0.15, 0.2) is 11.4 Å². The molecule has 4 heteroatoms. The molecule has 0 saturated heterocycles. The number of thiophene rings is 1. The van der Waals surface area contributed by atoms with E-state index in [0.717, 1.165) is 24.1 Å². The fourth-order valence-electron chi connectivity index (χ4n) is 2.87. The van der Waals surface area contributed by atoms with Gasteiger partial charge in [0.1, 0.15) is 0 Å². The third-order valence-electron chi connectivity index (χ3n) is 4.29. The first kappa shape index (κ1) is 14.5. The van der Waals surface area contributed by atoms with Crippen LogP contribution in [0.2, 0.25) is 0 Å². The minimum atomic E-state index is -0.000642. The van der Waals surface area contributed by atoms with Crippen LogP contribution in [0.1, 0.15) is 44.9 Å². The first-order valence-electron chi connectivity index (χ1n) is 7.15. The third kappa shape index (κ3) is 3.80. The Bertz CT molecular complexity index is 430. The van der Waals surface area contributed by atoms with E-state index in [1.807, 2.05) is 11.4 Å².